The first kappa shape index (κ1) is 40.8. The SMILES string of the molecule is c1ccc2c(c1)Oc1ccccc1C21c2ccccc2-c2cc(N(c3ccc(-c4ccc5c(ccc6ccccc65)c4)cc3)c3ccc4c(c3)C3(c5ccccc5Sc5ccccc53)c3ccccc3-4)ccc21. The van der Waals surface area contributed by atoms with Crippen molar-refractivity contribution in [1.29, 1.82) is 0 Å². The van der Waals surface area contributed by atoms with Crippen LogP contribution < -0.4 is 9.64 Å². The van der Waals surface area contributed by atoms with E-state index in [-0.39, 0.29) is 0 Å². The molecule has 0 N–H and O–H groups in total. The van der Waals surface area contributed by atoms with Gasteiger partial charge in [-0.05, 0) is 155 Å². The minimum Gasteiger partial charge on any atom is -0.457 e. The number of anilines is 3. The number of hydrogen-bond acceptors (Lipinski definition) is 3. The zero-order chi connectivity index (χ0) is 47.8. The highest BCUT2D eigenvalue weighted by atomic mass is 32.2. The highest BCUT2D eigenvalue weighted by Crippen LogP contribution is 2.65. The van der Waals surface area contributed by atoms with Crippen LogP contribution in [0.25, 0.3) is 54.9 Å². The number of nitrogens with zero attached hydrogens (tertiary/aromatic N) is 1. The summed E-state index contributed by atoms with van der Waals surface area (Å²) in [6.07, 6.45) is 0. The normalized spacial score (nSPS) is 14.3. The summed E-state index contributed by atoms with van der Waals surface area (Å²) < 4.78 is 6.69. The van der Waals surface area contributed by atoms with Crippen LogP contribution in [0.1, 0.15) is 44.5 Å². The topological polar surface area (TPSA) is 12.5 Å². The van der Waals surface area contributed by atoms with Gasteiger partial charge in [-0.15, -0.1) is 0 Å². The minimum atomic E-state index is -0.556. The summed E-state index contributed by atoms with van der Waals surface area (Å²) in [4.78, 5) is 5.08. The molecule has 0 saturated carbocycles. The van der Waals surface area contributed by atoms with Gasteiger partial charge >= 0.3 is 0 Å². The van der Waals surface area contributed by atoms with E-state index < -0.39 is 10.8 Å². The largest absolute Gasteiger partial charge is 0.457 e. The summed E-state index contributed by atoms with van der Waals surface area (Å²) >= 11 is 1.89. The van der Waals surface area contributed by atoms with Crippen molar-refractivity contribution in [1.82, 2.24) is 0 Å². The molecule has 12 aromatic rings. The van der Waals surface area contributed by atoms with Crippen molar-refractivity contribution >= 4 is 50.4 Å². The maximum Gasteiger partial charge on any atom is 0.132 e. The second-order valence-corrected chi connectivity index (χ2v) is 20.9. The number of benzene rings is 12. The Morgan fingerprint density at radius 1 is 0.288 bits per heavy atom. The first-order chi connectivity index (χ1) is 36.2. The fourth-order valence-electron chi connectivity index (χ4n) is 13.4. The molecule has 0 aromatic heterocycles. The van der Waals surface area contributed by atoms with Crippen molar-refractivity contribution in [3.8, 4) is 44.9 Å². The molecule has 12 aromatic carbocycles. The van der Waals surface area contributed by atoms with E-state index in [0.717, 1.165) is 39.7 Å². The van der Waals surface area contributed by atoms with E-state index in [9.17, 15) is 0 Å². The van der Waals surface area contributed by atoms with Crippen LogP contribution >= 0.6 is 11.8 Å². The standard InChI is InChI=1S/C70H43NOS/c1-2-16-51-45(15-1)29-30-47-41-46(33-38-52(47)51)44-31-34-48(35-32-44)71(49-37-40-59-56(42-49)54-18-4-6-20-58(54)69(59)60-21-7-11-25-65(60)72-66-26-12-8-22-61(66)69)50-36-39-55-53-17-3-5-19-57(53)70(64(55)43-50)62-23-9-13-27-67(62)73-68-28-14-10-24-63(68)70/h1-43H. The molecule has 0 bridgehead atoms. The van der Waals surface area contributed by atoms with Crippen molar-refractivity contribution in [2.45, 2.75) is 20.6 Å². The lowest BCUT2D eigenvalue weighted by Crippen LogP contribution is -2.32. The van der Waals surface area contributed by atoms with Gasteiger partial charge < -0.3 is 9.64 Å². The fourth-order valence-corrected chi connectivity index (χ4v) is 14.6. The lowest BCUT2D eigenvalue weighted by Gasteiger charge is -2.40. The summed E-state index contributed by atoms with van der Waals surface area (Å²) in [5, 5.41) is 5.06. The van der Waals surface area contributed by atoms with Crippen LogP contribution in [-0.2, 0) is 10.8 Å². The second kappa shape index (κ2) is 15.3. The summed E-state index contributed by atoms with van der Waals surface area (Å²) in [6, 6.07) is 97.2. The molecule has 0 saturated heterocycles. The molecule has 0 amide bonds. The molecule has 340 valence electrons. The molecule has 3 heteroatoms. The van der Waals surface area contributed by atoms with E-state index in [2.05, 4.69) is 266 Å². The van der Waals surface area contributed by atoms with Crippen LogP contribution in [0.3, 0.4) is 0 Å². The molecule has 2 heterocycles. The van der Waals surface area contributed by atoms with Gasteiger partial charge in [0.05, 0.1) is 10.8 Å². The molecular weight excluding hydrogens is 903 g/mol. The highest BCUT2D eigenvalue weighted by molar-refractivity contribution is 7.99. The lowest BCUT2D eigenvalue weighted by atomic mass is 9.66. The molecule has 2 nitrogen and oxygen atoms in total. The van der Waals surface area contributed by atoms with Crippen molar-refractivity contribution in [3.05, 3.63) is 305 Å². The second-order valence-electron chi connectivity index (χ2n) is 19.8. The molecule has 0 radical (unpaired) electrons. The van der Waals surface area contributed by atoms with E-state index >= 15 is 0 Å². The Labute approximate surface area is 428 Å². The third-order valence-corrected chi connectivity index (χ3v) is 17.5. The molecule has 0 unspecified atom stereocenters. The Balaban J connectivity index is 0.922. The average Bonchev–Trinajstić information content (AvgIpc) is 3.98. The monoisotopic (exact) mass is 945 g/mol. The van der Waals surface area contributed by atoms with E-state index in [1.165, 1.54) is 98.1 Å². The van der Waals surface area contributed by atoms with Gasteiger partial charge in [0.1, 0.15) is 11.5 Å². The summed E-state index contributed by atoms with van der Waals surface area (Å²) in [5.41, 5.74) is 19.8. The maximum absolute atomic E-state index is 6.69. The van der Waals surface area contributed by atoms with Gasteiger partial charge in [-0.2, -0.15) is 0 Å². The third-order valence-electron chi connectivity index (χ3n) is 16.4. The van der Waals surface area contributed by atoms with Gasteiger partial charge in [0.25, 0.3) is 0 Å². The van der Waals surface area contributed by atoms with Crippen molar-refractivity contribution in [2.75, 3.05) is 4.90 Å². The zero-order valence-corrected chi connectivity index (χ0v) is 40.4. The predicted molar refractivity (Wildman–Crippen MR) is 300 cm³/mol. The van der Waals surface area contributed by atoms with Crippen LogP contribution in [-0.4, -0.2) is 0 Å². The molecule has 4 aliphatic rings. The third kappa shape index (κ3) is 5.55. The first-order valence-electron chi connectivity index (χ1n) is 25.2. The number of ether oxygens (including phenoxy) is 1. The van der Waals surface area contributed by atoms with Gasteiger partial charge in [-0.1, -0.05) is 206 Å². The van der Waals surface area contributed by atoms with Crippen LogP contribution in [0, 0.1) is 0 Å². The van der Waals surface area contributed by atoms with Crippen molar-refractivity contribution in [2.24, 2.45) is 0 Å². The Bertz CT molecular complexity index is 4210. The Morgan fingerprint density at radius 2 is 0.767 bits per heavy atom. The van der Waals surface area contributed by atoms with E-state index in [0.29, 0.717) is 0 Å². The summed E-state index contributed by atoms with van der Waals surface area (Å²) in [6.45, 7) is 0. The molecule has 73 heavy (non-hydrogen) atoms. The van der Waals surface area contributed by atoms with Crippen molar-refractivity contribution in [3.63, 3.8) is 0 Å². The summed E-state index contributed by atoms with van der Waals surface area (Å²) in [7, 11) is 0. The van der Waals surface area contributed by atoms with Gasteiger partial charge in [0, 0.05) is 38.0 Å². The minimum absolute atomic E-state index is 0.510. The Kier molecular flexibility index (Phi) is 8.56. The van der Waals surface area contributed by atoms with Gasteiger partial charge in [0.2, 0.25) is 0 Å². The van der Waals surface area contributed by atoms with Crippen LogP contribution in [0.5, 0.6) is 11.5 Å². The zero-order valence-electron chi connectivity index (χ0n) is 39.6. The Hall–Kier alpha value is -8.89. The summed E-state index contributed by atoms with van der Waals surface area (Å²) in [5.74, 6) is 1.79. The highest BCUT2D eigenvalue weighted by Gasteiger charge is 2.52. The quantitative estimate of drug-likeness (QED) is 0.163. The number of hydrogen-bond donors (Lipinski definition) is 0. The predicted octanol–water partition coefficient (Wildman–Crippen LogP) is 18.4. The molecular formula is C70H43NOS. The Morgan fingerprint density at radius 3 is 1.48 bits per heavy atom. The number of para-hydroxylation sites is 2. The first-order valence-corrected chi connectivity index (χ1v) is 26.0. The van der Waals surface area contributed by atoms with Crippen molar-refractivity contribution < 1.29 is 4.74 Å². The molecule has 2 aliphatic heterocycles. The molecule has 2 aliphatic carbocycles. The van der Waals surface area contributed by atoms with Gasteiger partial charge in [-0.3, -0.25) is 0 Å². The van der Waals surface area contributed by atoms with E-state index in [1.807, 2.05) is 11.8 Å². The fraction of sp³-hybridized carbons (Fsp3) is 0.0286. The van der Waals surface area contributed by atoms with Gasteiger partial charge in [0.15, 0.2) is 0 Å². The molecule has 0 atom stereocenters. The smallest absolute Gasteiger partial charge is 0.132 e. The maximum atomic E-state index is 6.69. The van der Waals surface area contributed by atoms with Crippen LogP contribution in [0.2, 0.25) is 0 Å². The lowest BCUT2D eigenvalue weighted by molar-refractivity contribution is 0.436. The average molecular weight is 946 g/mol. The van der Waals surface area contributed by atoms with Crippen LogP contribution in [0.15, 0.2) is 271 Å². The van der Waals surface area contributed by atoms with Gasteiger partial charge in [-0.25, -0.2) is 0 Å². The number of rotatable bonds is 4. The molecule has 2 spiro atoms. The van der Waals surface area contributed by atoms with Crippen LogP contribution in [0.4, 0.5) is 17.1 Å². The molecule has 0 fully saturated rings. The molecule has 16 rings (SSSR count). The number of fused-ring (bicyclic) bond motifs is 21. The van der Waals surface area contributed by atoms with E-state index in [1.54, 1.807) is 0 Å². The van der Waals surface area contributed by atoms with E-state index in [4.69, 9.17) is 4.74 Å².